The fraction of sp³-hybridized carbons (Fsp3) is 0.0833. The van der Waals surface area contributed by atoms with Crippen molar-refractivity contribution in [2.45, 2.75) is 6.10 Å². The van der Waals surface area contributed by atoms with Gasteiger partial charge in [0, 0.05) is 4.88 Å². The summed E-state index contributed by atoms with van der Waals surface area (Å²) in [4.78, 5) is 0.916. The van der Waals surface area contributed by atoms with Gasteiger partial charge in [-0.2, -0.15) is 5.26 Å². The van der Waals surface area contributed by atoms with Crippen molar-refractivity contribution in [3.05, 3.63) is 57.8 Å². The number of hydrogen-bond acceptors (Lipinski definition) is 3. The first-order valence-electron chi connectivity index (χ1n) is 4.53. The molecule has 1 N–H and O–H groups in total. The molecule has 0 fully saturated rings. The summed E-state index contributed by atoms with van der Waals surface area (Å²) in [6, 6.07) is 12.8. The minimum absolute atomic E-state index is 0.585. The van der Waals surface area contributed by atoms with Gasteiger partial charge in [-0.25, -0.2) is 0 Å². The SMILES string of the molecule is N#Cc1ccc([C@H](O)c2cccs2)cc1. The van der Waals surface area contributed by atoms with Crippen LogP contribution in [0.4, 0.5) is 0 Å². The van der Waals surface area contributed by atoms with Crippen LogP contribution in [0.1, 0.15) is 22.1 Å². The Balaban J connectivity index is 2.27. The smallest absolute Gasteiger partial charge is 0.113 e. The Labute approximate surface area is 92.0 Å². The first-order chi connectivity index (χ1) is 7.31. The molecule has 1 aromatic carbocycles. The largest absolute Gasteiger partial charge is 0.383 e. The van der Waals surface area contributed by atoms with Crippen LogP contribution in [0.5, 0.6) is 0 Å². The molecule has 0 saturated carbocycles. The molecule has 0 radical (unpaired) electrons. The minimum Gasteiger partial charge on any atom is -0.383 e. The van der Waals surface area contributed by atoms with Gasteiger partial charge in [0.15, 0.2) is 0 Å². The topological polar surface area (TPSA) is 44.0 Å². The van der Waals surface area contributed by atoms with Gasteiger partial charge in [-0.15, -0.1) is 11.3 Å². The lowest BCUT2D eigenvalue weighted by Gasteiger charge is -2.08. The zero-order valence-electron chi connectivity index (χ0n) is 7.92. The van der Waals surface area contributed by atoms with Crippen molar-refractivity contribution in [3.63, 3.8) is 0 Å². The van der Waals surface area contributed by atoms with Crippen molar-refractivity contribution in [3.8, 4) is 6.07 Å². The van der Waals surface area contributed by atoms with Gasteiger partial charge in [-0.05, 0) is 29.1 Å². The Morgan fingerprint density at radius 1 is 1.20 bits per heavy atom. The van der Waals surface area contributed by atoms with Crippen LogP contribution in [-0.4, -0.2) is 5.11 Å². The number of benzene rings is 1. The lowest BCUT2D eigenvalue weighted by molar-refractivity contribution is 0.224. The molecule has 2 rings (SSSR count). The molecule has 0 aliphatic heterocycles. The molecule has 2 aromatic rings. The molecule has 3 heteroatoms. The normalized spacial score (nSPS) is 12.0. The van der Waals surface area contributed by atoms with Crippen molar-refractivity contribution in [1.29, 1.82) is 5.26 Å². The molecule has 0 spiro atoms. The van der Waals surface area contributed by atoms with Crippen LogP contribution >= 0.6 is 11.3 Å². The lowest BCUT2D eigenvalue weighted by atomic mass is 10.1. The van der Waals surface area contributed by atoms with Crippen molar-refractivity contribution in [2.75, 3.05) is 0 Å². The highest BCUT2D eigenvalue weighted by Gasteiger charge is 2.10. The molecular weight excluding hydrogens is 206 g/mol. The van der Waals surface area contributed by atoms with Crippen LogP contribution in [-0.2, 0) is 0 Å². The summed E-state index contributed by atoms with van der Waals surface area (Å²) in [7, 11) is 0. The molecule has 2 nitrogen and oxygen atoms in total. The zero-order chi connectivity index (χ0) is 10.7. The molecule has 0 aliphatic carbocycles. The average Bonchev–Trinajstić information content (AvgIpc) is 2.82. The van der Waals surface area contributed by atoms with Gasteiger partial charge in [0.1, 0.15) is 6.10 Å². The number of nitrogens with zero attached hydrogens (tertiary/aromatic N) is 1. The van der Waals surface area contributed by atoms with E-state index in [-0.39, 0.29) is 0 Å². The fourth-order valence-electron chi connectivity index (χ4n) is 1.35. The van der Waals surface area contributed by atoms with E-state index in [2.05, 4.69) is 0 Å². The van der Waals surface area contributed by atoms with Crippen LogP contribution in [0, 0.1) is 11.3 Å². The predicted molar refractivity (Wildman–Crippen MR) is 59.5 cm³/mol. The maximum atomic E-state index is 9.97. The molecule has 0 aliphatic rings. The second kappa shape index (κ2) is 4.26. The zero-order valence-corrected chi connectivity index (χ0v) is 8.74. The van der Waals surface area contributed by atoms with E-state index in [0.29, 0.717) is 5.56 Å². The van der Waals surface area contributed by atoms with E-state index in [1.807, 2.05) is 23.6 Å². The van der Waals surface area contributed by atoms with Crippen LogP contribution in [0.2, 0.25) is 0 Å². The first kappa shape index (κ1) is 9.91. The van der Waals surface area contributed by atoms with E-state index in [1.165, 1.54) is 11.3 Å². The van der Waals surface area contributed by atoms with Crippen molar-refractivity contribution < 1.29 is 5.11 Å². The van der Waals surface area contributed by atoms with Crippen LogP contribution in [0.15, 0.2) is 41.8 Å². The summed E-state index contributed by atoms with van der Waals surface area (Å²) >= 11 is 1.52. The molecule has 15 heavy (non-hydrogen) atoms. The molecule has 1 aromatic heterocycles. The van der Waals surface area contributed by atoms with E-state index < -0.39 is 6.10 Å². The molecular formula is C12H9NOS. The Bertz CT molecular complexity index is 467. The summed E-state index contributed by atoms with van der Waals surface area (Å²) in [5, 5.41) is 20.5. The van der Waals surface area contributed by atoms with Crippen LogP contribution in [0.3, 0.4) is 0 Å². The van der Waals surface area contributed by atoms with Gasteiger partial charge in [-0.3, -0.25) is 0 Å². The number of aliphatic hydroxyl groups is 1. The predicted octanol–water partition coefficient (Wildman–Crippen LogP) is 2.70. The summed E-state index contributed by atoms with van der Waals surface area (Å²) in [6.45, 7) is 0. The van der Waals surface area contributed by atoms with E-state index in [1.54, 1.807) is 24.3 Å². The van der Waals surface area contributed by atoms with E-state index >= 15 is 0 Å². The number of thiophene rings is 1. The first-order valence-corrected chi connectivity index (χ1v) is 5.41. The quantitative estimate of drug-likeness (QED) is 0.837. The van der Waals surface area contributed by atoms with E-state index in [9.17, 15) is 5.11 Å². The summed E-state index contributed by atoms with van der Waals surface area (Å²) in [5.41, 5.74) is 1.42. The molecule has 74 valence electrons. The van der Waals surface area contributed by atoms with Gasteiger partial charge in [0.05, 0.1) is 11.6 Å². The van der Waals surface area contributed by atoms with Crippen molar-refractivity contribution in [1.82, 2.24) is 0 Å². The van der Waals surface area contributed by atoms with E-state index in [4.69, 9.17) is 5.26 Å². The summed E-state index contributed by atoms with van der Waals surface area (Å²) < 4.78 is 0. The second-order valence-electron chi connectivity index (χ2n) is 3.15. The number of aliphatic hydroxyl groups excluding tert-OH is 1. The van der Waals surface area contributed by atoms with Crippen LogP contribution in [0.25, 0.3) is 0 Å². The lowest BCUT2D eigenvalue weighted by Crippen LogP contribution is -1.96. The molecule has 0 amide bonds. The van der Waals surface area contributed by atoms with Gasteiger partial charge in [-0.1, -0.05) is 18.2 Å². The van der Waals surface area contributed by atoms with Crippen LogP contribution < -0.4 is 0 Å². The number of hydrogen-bond donors (Lipinski definition) is 1. The Kier molecular flexibility index (Phi) is 2.82. The maximum absolute atomic E-state index is 9.97. The molecule has 0 unspecified atom stereocenters. The molecule has 0 bridgehead atoms. The van der Waals surface area contributed by atoms with Gasteiger partial charge < -0.3 is 5.11 Å². The third-order valence-corrected chi connectivity index (χ3v) is 3.09. The summed E-state index contributed by atoms with van der Waals surface area (Å²) in [5.74, 6) is 0. The fourth-order valence-corrected chi connectivity index (χ4v) is 2.09. The monoisotopic (exact) mass is 215 g/mol. The highest BCUT2D eigenvalue weighted by atomic mass is 32.1. The standard InChI is InChI=1S/C12H9NOS/c13-8-9-3-5-10(6-4-9)12(14)11-2-1-7-15-11/h1-7,12,14H/t12-/m0/s1. The van der Waals surface area contributed by atoms with Gasteiger partial charge in [0.2, 0.25) is 0 Å². The second-order valence-corrected chi connectivity index (χ2v) is 4.13. The minimum atomic E-state index is -0.585. The molecule has 0 saturated heterocycles. The Hall–Kier alpha value is -1.63. The van der Waals surface area contributed by atoms with E-state index in [0.717, 1.165) is 10.4 Å². The van der Waals surface area contributed by atoms with Gasteiger partial charge in [0.25, 0.3) is 0 Å². The number of nitriles is 1. The highest BCUT2D eigenvalue weighted by molar-refractivity contribution is 7.10. The molecule has 1 atom stereocenters. The van der Waals surface area contributed by atoms with Gasteiger partial charge >= 0.3 is 0 Å². The average molecular weight is 215 g/mol. The Morgan fingerprint density at radius 2 is 1.93 bits per heavy atom. The highest BCUT2D eigenvalue weighted by Crippen LogP contribution is 2.25. The third-order valence-electron chi connectivity index (χ3n) is 2.17. The van der Waals surface area contributed by atoms with Crippen molar-refractivity contribution >= 4 is 11.3 Å². The maximum Gasteiger partial charge on any atom is 0.113 e. The van der Waals surface area contributed by atoms with Crippen molar-refractivity contribution in [2.24, 2.45) is 0 Å². The number of rotatable bonds is 2. The summed E-state index contributed by atoms with van der Waals surface area (Å²) in [6.07, 6.45) is -0.585. The third kappa shape index (κ3) is 2.07. The molecule has 1 heterocycles. The Morgan fingerprint density at radius 3 is 2.47 bits per heavy atom.